The molecule has 0 saturated carbocycles. The van der Waals surface area contributed by atoms with Crippen molar-refractivity contribution in [2.45, 2.75) is 26.7 Å². The van der Waals surface area contributed by atoms with Crippen molar-refractivity contribution >= 4 is 0 Å². The van der Waals surface area contributed by atoms with Gasteiger partial charge in [0.25, 0.3) is 0 Å². The Morgan fingerprint density at radius 3 is 2.82 bits per heavy atom. The van der Waals surface area contributed by atoms with Crippen LogP contribution in [0.3, 0.4) is 0 Å². The number of benzene rings is 1. The van der Waals surface area contributed by atoms with Crippen LogP contribution in [-0.2, 0) is 17.9 Å². The summed E-state index contributed by atoms with van der Waals surface area (Å²) >= 11 is 0. The molecule has 0 saturated heterocycles. The lowest BCUT2D eigenvalue weighted by Gasteiger charge is -2.11. The Morgan fingerprint density at radius 2 is 2.07 bits per heavy atom. The van der Waals surface area contributed by atoms with Gasteiger partial charge in [-0.1, -0.05) is 12.1 Å². The highest BCUT2D eigenvalue weighted by molar-refractivity contribution is 5.66. The van der Waals surface area contributed by atoms with Crippen LogP contribution in [0, 0.1) is 0 Å². The second-order valence-corrected chi connectivity index (χ2v) is 5.65. The molecule has 8 nitrogen and oxygen atoms in total. The lowest BCUT2D eigenvalue weighted by atomic mass is 10.1. The van der Waals surface area contributed by atoms with E-state index in [0.717, 1.165) is 0 Å². The van der Waals surface area contributed by atoms with E-state index in [0.29, 0.717) is 48.4 Å². The van der Waals surface area contributed by atoms with E-state index in [-0.39, 0.29) is 5.75 Å². The fraction of sp³-hybridized carbons (Fsp3) is 0.333. The van der Waals surface area contributed by atoms with Gasteiger partial charge in [0.15, 0.2) is 5.82 Å². The quantitative estimate of drug-likeness (QED) is 0.554. The summed E-state index contributed by atoms with van der Waals surface area (Å²) in [7, 11) is 1.57. The average Bonchev–Trinajstić information content (AvgIpc) is 3.10. The summed E-state index contributed by atoms with van der Waals surface area (Å²) in [5, 5.41) is 4.28. The van der Waals surface area contributed by atoms with Gasteiger partial charge in [-0.15, -0.1) is 0 Å². The molecule has 0 aliphatic carbocycles. The van der Waals surface area contributed by atoms with Gasteiger partial charge in [0.2, 0.25) is 5.88 Å². The zero-order valence-electron chi connectivity index (χ0n) is 15.4. The Labute approximate surface area is 160 Å². The van der Waals surface area contributed by atoms with E-state index in [2.05, 4.69) is 24.8 Å². The van der Waals surface area contributed by atoms with Crippen molar-refractivity contribution in [3.8, 4) is 22.9 Å². The summed E-state index contributed by atoms with van der Waals surface area (Å²) in [6, 6.07) is 6.24. The van der Waals surface area contributed by atoms with E-state index in [4.69, 9.17) is 9.47 Å². The first-order valence-corrected chi connectivity index (χ1v) is 8.50. The van der Waals surface area contributed by atoms with Crippen molar-refractivity contribution < 1.29 is 23.0 Å². The van der Waals surface area contributed by atoms with Gasteiger partial charge in [0.05, 0.1) is 25.0 Å². The second kappa shape index (κ2) is 9.18. The smallest absolute Gasteiger partial charge is 0.387 e. The van der Waals surface area contributed by atoms with E-state index >= 15 is 0 Å². The molecule has 0 aliphatic rings. The molecular formula is C18H19F2N5O3. The molecule has 3 aromatic rings. The lowest BCUT2D eigenvalue weighted by Crippen LogP contribution is -2.07. The molecule has 0 fully saturated rings. The molecule has 1 aromatic carbocycles. The summed E-state index contributed by atoms with van der Waals surface area (Å²) in [5.74, 6) is 0.889. The minimum absolute atomic E-state index is 0.0302. The van der Waals surface area contributed by atoms with Gasteiger partial charge in [-0.25, -0.2) is 19.6 Å². The maximum Gasteiger partial charge on any atom is 0.387 e. The highest BCUT2D eigenvalue weighted by atomic mass is 19.3. The highest BCUT2D eigenvalue weighted by Gasteiger charge is 2.14. The van der Waals surface area contributed by atoms with Crippen LogP contribution in [0.15, 0.2) is 36.8 Å². The number of halogens is 2. The SMILES string of the molecule is CCOc1ncc(Cn2cnc(COC)n2)nc1-c1cccc(OC(F)F)c1. The van der Waals surface area contributed by atoms with E-state index in [1.807, 2.05) is 6.92 Å². The Hall–Kier alpha value is -3.14. The van der Waals surface area contributed by atoms with Crippen LogP contribution in [0.4, 0.5) is 8.78 Å². The first-order valence-electron chi connectivity index (χ1n) is 8.50. The van der Waals surface area contributed by atoms with Gasteiger partial charge >= 0.3 is 6.61 Å². The van der Waals surface area contributed by atoms with Crippen LogP contribution in [-0.4, -0.2) is 45.1 Å². The van der Waals surface area contributed by atoms with Crippen molar-refractivity contribution in [1.29, 1.82) is 0 Å². The van der Waals surface area contributed by atoms with Gasteiger partial charge < -0.3 is 14.2 Å². The molecule has 0 spiro atoms. The van der Waals surface area contributed by atoms with Crippen molar-refractivity contribution in [2.24, 2.45) is 0 Å². The minimum Gasteiger partial charge on any atom is -0.476 e. The van der Waals surface area contributed by atoms with Crippen LogP contribution >= 0.6 is 0 Å². The summed E-state index contributed by atoms with van der Waals surface area (Å²) < 4.78 is 41.7. The molecule has 0 atom stereocenters. The number of ether oxygens (including phenoxy) is 3. The first-order chi connectivity index (χ1) is 13.6. The molecule has 0 radical (unpaired) electrons. The summed E-state index contributed by atoms with van der Waals surface area (Å²) in [6.45, 7) is -0.0617. The molecule has 0 aliphatic heterocycles. The highest BCUT2D eigenvalue weighted by Crippen LogP contribution is 2.29. The minimum atomic E-state index is -2.91. The average molecular weight is 391 g/mol. The molecule has 0 bridgehead atoms. The molecule has 3 rings (SSSR count). The number of hydrogen-bond donors (Lipinski definition) is 0. The number of rotatable bonds is 9. The Bertz CT molecular complexity index is 920. The van der Waals surface area contributed by atoms with E-state index in [1.165, 1.54) is 12.1 Å². The van der Waals surface area contributed by atoms with Gasteiger partial charge in [0.1, 0.15) is 24.4 Å². The molecular weight excluding hydrogens is 372 g/mol. The number of nitrogens with zero attached hydrogens (tertiary/aromatic N) is 5. The molecule has 0 unspecified atom stereocenters. The molecule has 0 amide bonds. The predicted molar refractivity (Wildman–Crippen MR) is 95.1 cm³/mol. The fourth-order valence-electron chi connectivity index (χ4n) is 2.51. The maximum atomic E-state index is 12.5. The largest absolute Gasteiger partial charge is 0.476 e. The molecule has 148 valence electrons. The third-order valence-electron chi connectivity index (χ3n) is 3.58. The molecule has 0 N–H and O–H groups in total. The molecule has 2 heterocycles. The maximum absolute atomic E-state index is 12.5. The summed E-state index contributed by atoms with van der Waals surface area (Å²) in [5.41, 5.74) is 1.58. The molecule has 2 aromatic heterocycles. The normalized spacial score (nSPS) is 11.0. The van der Waals surface area contributed by atoms with Crippen molar-refractivity contribution in [2.75, 3.05) is 13.7 Å². The van der Waals surface area contributed by atoms with Gasteiger partial charge in [-0.05, 0) is 19.1 Å². The van der Waals surface area contributed by atoms with E-state index in [1.54, 1.807) is 36.4 Å². The Balaban J connectivity index is 1.91. The Kier molecular flexibility index (Phi) is 6.43. The monoisotopic (exact) mass is 391 g/mol. The fourth-order valence-corrected chi connectivity index (χ4v) is 2.51. The van der Waals surface area contributed by atoms with Crippen LogP contribution in [0.5, 0.6) is 11.6 Å². The number of alkyl halides is 2. The first kappa shape index (κ1) is 19.6. The topological polar surface area (TPSA) is 84.2 Å². The third-order valence-corrected chi connectivity index (χ3v) is 3.58. The summed E-state index contributed by atoms with van der Waals surface area (Å²) in [6.07, 6.45) is 3.15. The van der Waals surface area contributed by atoms with Crippen LogP contribution in [0.2, 0.25) is 0 Å². The third kappa shape index (κ3) is 4.97. The van der Waals surface area contributed by atoms with Crippen LogP contribution in [0.25, 0.3) is 11.3 Å². The summed E-state index contributed by atoms with van der Waals surface area (Å²) in [4.78, 5) is 13.0. The van der Waals surface area contributed by atoms with Gasteiger partial charge in [-0.2, -0.15) is 13.9 Å². The number of methoxy groups -OCH3 is 1. The van der Waals surface area contributed by atoms with Gasteiger partial charge in [-0.3, -0.25) is 0 Å². The van der Waals surface area contributed by atoms with Crippen molar-refractivity contribution in [1.82, 2.24) is 24.7 Å². The van der Waals surface area contributed by atoms with E-state index < -0.39 is 6.61 Å². The molecule has 10 heteroatoms. The van der Waals surface area contributed by atoms with Crippen LogP contribution in [0.1, 0.15) is 18.4 Å². The number of hydrogen-bond acceptors (Lipinski definition) is 7. The second-order valence-electron chi connectivity index (χ2n) is 5.65. The standard InChI is InChI=1S/C18H19F2N5O3/c1-3-27-17-16(12-5-4-6-14(7-12)28-18(19)20)23-13(8-21-17)9-25-11-22-15(24-25)10-26-2/h4-8,11,18H,3,9-10H2,1-2H3. The number of aromatic nitrogens is 5. The zero-order valence-corrected chi connectivity index (χ0v) is 15.4. The van der Waals surface area contributed by atoms with E-state index in [9.17, 15) is 8.78 Å². The lowest BCUT2D eigenvalue weighted by molar-refractivity contribution is -0.0498. The van der Waals surface area contributed by atoms with Crippen molar-refractivity contribution in [3.63, 3.8) is 0 Å². The Morgan fingerprint density at radius 1 is 1.21 bits per heavy atom. The predicted octanol–water partition coefficient (Wildman–Crippen LogP) is 2.93. The van der Waals surface area contributed by atoms with Crippen molar-refractivity contribution in [3.05, 3.63) is 48.3 Å². The van der Waals surface area contributed by atoms with Gasteiger partial charge in [0, 0.05) is 12.7 Å². The zero-order chi connectivity index (χ0) is 19.9. The molecule has 28 heavy (non-hydrogen) atoms. The van der Waals surface area contributed by atoms with Crippen LogP contribution < -0.4 is 9.47 Å².